The fourth-order valence-electron chi connectivity index (χ4n) is 4.76. The van der Waals surface area contributed by atoms with Gasteiger partial charge in [-0.25, -0.2) is 0 Å². The molecule has 0 spiro atoms. The highest BCUT2D eigenvalue weighted by Gasteiger charge is 2.14. The molecule has 1 aromatic heterocycles. The van der Waals surface area contributed by atoms with Crippen LogP contribution in [0.1, 0.15) is 4.11 Å². The predicted molar refractivity (Wildman–Crippen MR) is 132 cm³/mol. The molecule has 0 radical (unpaired) electrons. The summed E-state index contributed by atoms with van der Waals surface area (Å²) in [4.78, 5) is 0. The number of rotatable bonds is 1. The van der Waals surface area contributed by atoms with Crippen LogP contribution >= 0.6 is 0 Å². The quantitative estimate of drug-likeness (QED) is 0.252. The van der Waals surface area contributed by atoms with Crippen LogP contribution in [0.5, 0.6) is 0 Å². The molecule has 1 heteroatoms. The van der Waals surface area contributed by atoms with E-state index in [9.17, 15) is 1.37 Å². The van der Waals surface area contributed by atoms with E-state index in [2.05, 4.69) is 18.2 Å². The SMILES string of the molecule is [2H]c1c(-c2c3ccccc3cc3ccccc23)c([2H])c2c(oc3ccc4ccccc4c32)c1[2H]. The molecule has 0 saturated heterocycles. The maximum Gasteiger partial charge on any atom is 0.136 e. The second kappa shape index (κ2) is 6.20. The van der Waals surface area contributed by atoms with Gasteiger partial charge in [0.2, 0.25) is 0 Å². The second-order valence-corrected chi connectivity index (χ2v) is 7.91. The lowest BCUT2D eigenvalue weighted by Gasteiger charge is -2.12. The number of hydrogen-bond acceptors (Lipinski definition) is 1. The Labute approximate surface area is 183 Å². The fraction of sp³-hybridized carbons (Fsp3) is 0. The molecule has 0 aliphatic rings. The summed E-state index contributed by atoms with van der Waals surface area (Å²) >= 11 is 0. The Bertz CT molecular complexity index is 1900. The Morgan fingerprint density at radius 3 is 1.94 bits per heavy atom. The monoisotopic (exact) mass is 397 g/mol. The first-order valence-corrected chi connectivity index (χ1v) is 10.4. The smallest absolute Gasteiger partial charge is 0.136 e. The van der Waals surface area contributed by atoms with Crippen molar-refractivity contribution < 1.29 is 8.53 Å². The minimum absolute atomic E-state index is 0.0123. The van der Waals surface area contributed by atoms with Gasteiger partial charge in [0.25, 0.3) is 0 Å². The molecule has 0 amide bonds. The van der Waals surface area contributed by atoms with Gasteiger partial charge in [0, 0.05) is 10.8 Å². The van der Waals surface area contributed by atoms with E-state index in [-0.39, 0.29) is 18.1 Å². The highest BCUT2D eigenvalue weighted by atomic mass is 16.3. The first-order valence-electron chi connectivity index (χ1n) is 11.9. The fourth-order valence-corrected chi connectivity index (χ4v) is 4.76. The lowest BCUT2D eigenvalue weighted by molar-refractivity contribution is 0.669. The molecule has 0 atom stereocenters. The highest BCUT2D eigenvalue weighted by Crippen LogP contribution is 2.40. The van der Waals surface area contributed by atoms with Crippen molar-refractivity contribution in [2.24, 2.45) is 0 Å². The molecule has 0 aliphatic heterocycles. The Morgan fingerprint density at radius 1 is 0.548 bits per heavy atom. The molecule has 31 heavy (non-hydrogen) atoms. The van der Waals surface area contributed by atoms with E-state index in [4.69, 9.17) is 7.16 Å². The second-order valence-electron chi connectivity index (χ2n) is 7.91. The van der Waals surface area contributed by atoms with Gasteiger partial charge in [0.05, 0.1) is 4.11 Å². The minimum atomic E-state index is 0.0123. The van der Waals surface area contributed by atoms with Crippen molar-refractivity contribution in [2.75, 3.05) is 0 Å². The molecule has 144 valence electrons. The molecule has 0 bridgehead atoms. The molecule has 1 heterocycles. The zero-order valence-electron chi connectivity index (χ0n) is 19.6. The third-order valence-corrected chi connectivity index (χ3v) is 6.15. The van der Waals surface area contributed by atoms with Gasteiger partial charge in [-0.15, -0.1) is 0 Å². The molecule has 0 unspecified atom stereocenters. The molecule has 7 aromatic rings. The summed E-state index contributed by atoms with van der Waals surface area (Å²) in [5.41, 5.74) is 2.24. The van der Waals surface area contributed by atoms with E-state index in [0.717, 1.165) is 43.3 Å². The minimum Gasteiger partial charge on any atom is -0.456 e. The summed E-state index contributed by atoms with van der Waals surface area (Å²) < 4.78 is 33.3. The molecular formula is C30H18O. The molecule has 0 saturated carbocycles. The maximum absolute atomic E-state index is 9.38. The summed E-state index contributed by atoms with van der Waals surface area (Å²) in [5.74, 6) is 0. The van der Waals surface area contributed by atoms with Crippen LogP contribution in [0.2, 0.25) is 0 Å². The summed E-state index contributed by atoms with van der Waals surface area (Å²) in [6.07, 6.45) is 0. The summed E-state index contributed by atoms with van der Waals surface area (Å²) in [5, 5.41) is 7.50. The molecule has 1 nitrogen and oxygen atoms in total. The largest absolute Gasteiger partial charge is 0.456 e. The van der Waals surface area contributed by atoms with E-state index in [0.29, 0.717) is 22.1 Å². The molecule has 0 N–H and O–H groups in total. The van der Waals surface area contributed by atoms with Crippen molar-refractivity contribution in [3.63, 3.8) is 0 Å². The molecule has 7 rings (SSSR count). The molecule has 6 aromatic carbocycles. The van der Waals surface area contributed by atoms with Crippen LogP contribution in [-0.2, 0) is 0 Å². The Morgan fingerprint density at radius 2 is 1.19 bits per heavy atom. The number of fused-ring (bicyclic) bond motifs is 7. The van der Waals surface area contributed by atoms with Crippen molar-refractivity contribution in [1.82, 2.24) is 0 Å². The third kappa shape index (κ3) is 2.38. The van der Waals surface area contributed by atoms with Crippen LogP contribution in [0, 0.1) is 0 Å². The summed E-state index contributed by atoms with van der Waals surface area (Å²) in [6.45, 7) is 0. The van der Waals surface area contributed by atoms with Crippen molar-refractivity contribution in [2.45, 2.75) is 0 Å². The average Bonchev–Trinajstić information content (AvgIpc) is 3.28. The van der Waals surface area contributed by atoms with E-state index in [1.165, 1.54) is 0 Å². The van der Waals surface area contributed by atoms with Crippen molar-refractivity contribution >= 4 is 54.3 Å². The van der Waals surface area contributed by atoms with Gasteiger partial charge in [0.1, 0.15) is 11.2 Å². The van der Waals surface area contributed by atoms with E-state index >= 15 is 0 Å². The van der Waals surface area contributed by atoms with Crippen LogP contribution in [0.4, 0.5) is 0 Å². The van der Waals surface area contributed by atoms with Crippen molar-refractivity contribution in [3.05, 3.63) is 109 Å². The Kier molecular flexibility index (Phi) is 2.80. The maximum atomic E-state index is 9.38. The van der Waals surface area contributed by atoms with Gasteiger partial charge in [-0.1, -0.05) is 84.9 Å². The first-order chi connectivity index (χ1) is 16.6. The van der Waals surface area contributed by atoms with Crippen molar-refractivity contribution in [1.29, 1.82) is 0 Å². The van der Waals surface area contributed by atoms with Crippen LogP contribution in [0.15, 0.2) is 114 Å². The predicted octanol–water partition coefficient (Wildman–Crippen LogP) is 8.71. The van der Waals surface area contributed by atoms with E-state index < -0.39 is 0 Å². The standard InChI is InChI=1S/C30H18O/c1-4-10-23-19(7-1)13-16-28-30(23)26-18-22(14-15-27(26)31-28)29-24-11-5-2-8-20(24)17-21-9-3-6-12-25(21)29/h1-18H/i14D,15D,18D. The highest BCUT2D eigenvalue weighted by molar-refractivity contribution is 6.20. The normalized spacial score (nSPS) is 13.2. The zero-order chi connectivity index (χ0) is 23.0. The van der Waals surface area contributed by atoms with Crippen LogP contribution in [0.25, 0.3) is 65.4 Å². The van der Waals surface area contributed by atoms with Crippen LogP contribution in [0.3, 0.4) is 0 Å². The molecule has 0 aliphatic carbocycles. The van der Waals surface area contributed by atoms with Gasteiger partial charge in [-0.2, -0.15) is 0 Å². The van der Waals surface area contributed by atoms with E-state index in [1.54, 1.807) is 0 Å². The number of furan rings is 1. The van der Waals surface area contributed by atoms with Crippen LogP contribution < -0.4 is 0 Å². The Balaban J connectivity index is 1.75. The lowest BCUT2D eigenvalue weighted by atomic mass is 9.91. The van der Waals surface area contributed by atoms with E-state index in [1.807, 2.05) is 72.8 Å². The number of hydrogen-bond donors (Lipinski definition) is 0. The summed E-state index contributed by atoms with van der Waals surface area (Å²) in [6, 6.07) is 30.5. The molecule has 0 fully saturated rings. The van der Waals surface area contributed by atoms with Crippen LogP contribution in [-0.4, -0.2) is 0 Å². The average molecular weight is 397 g/mol. The van der Waals surface area contributed by atoms with Gasteiger partial charge < -0.3 is 4.42 Å². The van der Waals surface area contributed by atoms with Gasteiger partial charge >= 0.3 is 0 Å². The third-order valence-electron chi connectivity index (χ3n) is 6.15. The van der Waals surface area contributed by atoms with Gasteiger partial charge in [0.15, 0.2) is 0 Å². The molecular weight excluding hydrogens is 376 g/mol. The van der Waals surface area contributed by atoms with Crippen molar-refractivity contribution in [3.8, 4) is 11.1 Å². The summed E-state index contributed by atoms with van der Waals surface area (Å²) in [7, 11) is 0. The number of benzene rings is 6. The zero-order valence-corrected chi connectivity index (χ0v) is 16.6. The Hall–Kier alpha value is -4.10. The topological polar surface area (TPSA) is 13.1 Å². The van der Waals surface area contributed by atoms with Gasteiger partial charge in [-0.05, 0) is 67.7 Å². The lowest BCUT2D eigenvalue weighted by Crippen LogP contribution is -1.85. The first kappa shape index (κ1) is 14.0. The van der Waals surface area contributed by atoms with Gasteiger partial charge in [-0.3, -0.25) is 0 Å².